The molecule has 1 aliphatic heterocycles. The highest BCUT2D eigenvalue weighted by molar-refractivity contribution is 4.74. The molecule has 1 atom stereocenters. The molecule has 1 saturated heterocycles. The Labute approximate surface area is 56.8 Å². The van der Waals surface area contributed by atoms with Crippen molar-refractivity contribution in [2.45, 2.75) is 25.8 Å². The summed E-state index contributed by atoms with van der Waals surface area (Å²) >= 11 is 0. The zero-order valence-electron chi connectivity index (χ0n) is 6.06. The van der Waals surface area contributed by atoms with E-state index in [4.69, 9.17) is 5.73 Å². The van der Waals surface area contributed by atoms with Crippen LogP contribution in [0.25, 0.3) is 0 Å². The average molecular weight is 128 g/mol. The Morgan fingerprint density at radius 2 is 2.00 bits per heavy atom. The zero-order chi connectivity index (χ0) is 6.69. The molecule has 0 spiro atoms. The van der Waals surface area contributed by atoms with Gasteiger partial charge in [0.15, 0.2) is 0 Å². The molecule has 2 nitrogen and oxygen atoms in total. The fraction of sp³-hybridized carbons (Fsp3) is 1.00. The molecule has 1 rings (SSSR count). The highest BCUT2D eigenvalue weighted by Gasteiger charge is 2.15. The number of hydrogen-bond donors (Lipinski definition) is 2. The molecule has 0 amide bonds. The topological polar surface area (TPSA) is 38.0 Å². The Morgan fingerprint density at radius 1 is 1.44 bits per heavy atom. The summed E-state index contributed by atoms with van der Waals surface area (Å²) in [6.07, 6.45) is 2.52. The molecule has 1 fully saturated rings. The van der Waals surface area contributed by atoms with Crippen molar-refractivity contribution in [2.75, 3.05) is 13.1 Å². The van der Waals surface area contributed by atoms with Crippen LogP contribution in [0.2, 0.25) is 0 Å². The van der Waals surface area contributed by atoms with E-state index in [9.17, 15) is 0 Å². The molecular weight excluding hydrogens is 112 g/mol. The third-order valence-electron chi connectivity index (χ3n) is 2.13. The molecule has 3 N–H and O–H groups in total. The number of piperidine rings is 1. The summed E-state index contributed by atoms with van der Waals surface area (Å²) in [5.41, 5.74) is 5.74. The predicted octanol–water partition coefficient (Wildman–Crippen LogP) is 0.333. The van der Waals surface area contributed by atoms with Crippen LogP contribution in [-0.4, -0.2) is 19.1 Å². The van der Waals surface area contributed by atoms with Gasteiger partial charge in [-0.3, -0.25) is 0 Å². The maximum absolute atomic E-state index is 5.74. The summed E-state index contributed by atoms with van der Waals surface area (Å²) in [5.74, 6) is 0.770. The lowest BCUT2D eigenvalue weighted by atomic mass is 9.92. The lowest BCUT2D eigenvalue weighted by molar-refractivity contribution is 0.330. The standard InChI is InChI=1S/C7H16N2/c1-6(8)7-2-4-9-5-3-7/h6-7,9H,2-5,8H2,1H3/t6-/m1/s1. The summed E-state index contributed by atoms with van der Waals surface area (Å²) in [7, 11) is 0. The van der Waals surface area contributed by atoms with Crippen LogP contribution in [0.1, 0.15) is 19.8 Å². The van der Waals surface area contributed by atoms with Crippen molar-refractivity contribution in [2.24, 2.45) is 11.7 Å². The largest absolute Gasteiger partial charge is 0.328 e. The minimum Gasteiger partial charge on any atom is -0.328 e. The van der Waals surface area contributed by atoms with E-state index in [-0.39, 0.29) is 0 Å². The van der Waals surface area contributed by atoms with Crippen LogP contribution < -0.4 is 11.1 Å². The Kier molecular flexibility index (Phi) is 2.49. The summed E-state index contributed by atoms with van der Waals surface area (Å²) in [4.78, 5) is 0. The smallest absolute Gasteiger partial charge is 0.00397 e. The normalized spacial score (nSPS) is 26.0. The van der Waals surface area contributed by atoms with E-state index in [0.717, 1.165) is 19.0 Å². The molecule has 0 aromatic rings. The number of nitrogens with one attached hydrogen (secondary N) is 1. The van der Waals surface area contributed by atoms with Gasteiger partial charge in [-0.1, -0.05) is 0 Å². The molecule has 0 radical (unpaired) electrons. The molecule has 0 aliphatic carbocycles. The van der Waals surface area contributed by atoms with Gasteiger partial charge < -0.3 is 11.1 Å². The quantitative estimate of drug-likeness (QED) is 0.534. The van der Waals surface area contributed by atoms with Gasteiger partial charge in [0.2, 0.25) is 0 Å². The van der Waals surface area contributed by atoms with Crippen molar-refractivity contribution in [1.29, 1.82) is 0 Å². The highest BCUT2D eigenvalue weighted by atomic mass is 14.9. The molecule has 2 heteroatoms. The van der Waals surface area contributed by atoms with Crippen LogP contribution in [-0.2, 0) is 0 Å². The minimum absolute atomic E-state index is 0.395. The monoisotopic (exact) mass is 128 g/mol. The Bertz CT molecular complexity index is 75.0. The molecule has 1 aliphatic rings. The van der Waals surface area contributed by atoms with Crippen LogP contribution in [0.5, 0.6) is 0 Å². The van der Waals surface area contributed by atoms with E-state index >= 15 is 0 Å². The molecule has 0 unspecified atom stereocenters. The Balaban J connectivity index is 2.23. The van der Waals surface area contributed by atoms with E-state index in [2.05, 4.69) is 12.2 Å². The number of hydrogen-bond acceptors (Lipinski definition) is 2. The Hall–Kier alpha value is -0.0800. The maximum Gasteiger partial charge on any atom is 0.00397 e. The van der Waals surface area contributed by atoms with Crippen molar-refractivity contribution in [3.05, 3.63) is 0 Å². The molecule has 0 aromatic heterocycles. The van der Waals surface area contributed by atoms with Crippen molar-refractivity contribution in [1.82, 2.24) is 5.32 Å². The zero-order valence-corrected chi connectivity index (χ0v) is 6.06. The van der Waals surface area contributed by atoms with Gasteiger partial charge in [0.1, 0.15) is 0 Å². The van der Waals surface area contributed by atoms with Crippen molar-refractivity contribution in [3.63, 3.8) is 0 Å². The van der Waals surface area contributed by atoms with E-state index < -0.39 is 0 Å². The van der Waals surface area contributed by atoms with Gasteiger partial charge >= 0.3 is 0 Å². The van der Waals surface area contributed by atoms with Gasteiger partial charge in [-0.2, -0.15) is 0 Å². The fourth-order valence-electron chi connectivity index (χ4n) is 1.37. The van der Waals surface area contributed by atoms with Crippen LogP contribution in [0, 0.1) is 5.92 Å². The minimum atomic E-state index is 0.395. The first-order chi connectivity index (χ1) is 4.30. The lowest BCUT2D eigenvalue weighted by Crippen LogP contribution is -2.36. The summed E-state index contributed by atoms with van der Waals surface area (Å²) in [6, 6.07) is 0.395. The first-order valence-electron chi connectivity index (χ1n) is 3.77. The molecule has 0 saturated carbocycles. The number of nitrogens with two attached hydrogens (primary N) is 1. The second kappa shape index (κ2) is 3.18. The van der Waals surface area contributed by atoms with E-state index in [1.165, 1.54) is 12.8 Å². The molecule has 54 valence electrons. The van der Waals surface area contributed by atoms with Gasteiger partial charge in [-0.25, -0.2) is 0 Å². The first-order valence-corrected chi connectivity index (χ1v) is 3.77. The van der Waals surface area contributed by atoms with E-state index in [1.807, 2.05) is 0 Å². The van der Waals surface area contributed by atoms with Gasteiger partial charge in [0, 0.05) is 6.04 Å². The van der Waals surface area contributed by atoms with Gasteiger partial charge in [0.25, 0.3) is 0 Å². The second-order valence-electron chi connectivity index (χ2n) is 2.95. The molecule has 1 heterocycles. The molecule has 0 bridgehead atoms. The molecule has 0 aromatic carbocycles. The van der Waals surface area contributed by atoms with Crippen LogP contribution in [0.15, 0.2) is 0 Å². The lowest BCUT2D eigenvalue weighted by Gasteiger charge is -2.25. The van der Waals surface area contributed by atoms with Crippen molar-refractivity contribution in [3.8, 4) is 0 Å². The van der Waals surface area contributed by atoms with E-state index in [1.54, 1.807) is 0 Å². The predicted molar refractivity (Wildman–Crippen MR) is 39.2 cm³/mol. The van der Waals surface area contributed by atoms with Gasteiger partial charge in [0.05, 0.1) is 0 Å². The van der Waals surface area contributed by atoms with Crippen molar-refractivity contribution < 1.29 is 0 Å². The van der Waals surface area contributed by atoms with Crippen LogP contribution >= 0.6 is 0 Å². The van der Waals surface area contributed by atoms with Gasteiger partial charge in [-0.05, 0) is 38.8 Å². The third kappa shape index (κ3) is 1.95. The van der Waals surface area contributed by atoms with Gasteiger partial charge in [-0.15, -0.1) is 0 Å². The first kappa shape index (κ1) is 7.03. The molecule has 9 heavy (non-hydrogen) atoms. The third-order valence-corrected chi connectivity index (χ3v) is 2.13. The summed E-state index contributed by atoms with van der Waals surface area (Å²) in [5, 5.41) is 3.31. The van der Waals surface area contributed by atoms with Crippen LogP contribution in [0.3, 0.4) is 0 Å². The Morgan fingerprint density at radius 3 is 2.33 bits per heavy atom. The number of rotatable bonds is 1. The second-order valence-corrected chi connectivity index (χ2v) is 2.95. The maximum atomic E-state index is 5.74. The summed E-state index contributed by atoms with van der Waals surface area (Å²) in [6.45, 7) is 4.42. The molecular formula is C7H16N2. The van der Waals surface area contributed by atoms with Crippen LogP contribution in [0.4, 0.5) is 0 Å². The summed E-state index contributed by atoms with van der Waals surface area (Å²) < 4.78 is 0. The van der Waals surface area contributed by atoms with Crippen molar-refractivity contribution >= 4 is 0 Å². The highest BCUT2D eigenvalue weighted by Crippen LogP contribution is 2.13. The fourth-order valence-corrected chi connectivity index (χ4v) is 1.37. The SMILES string of the molecule is C[C@@H](N)C1CCNCC1. The van der Waals surface area contributed by atoms with E-state index in [0.29, 0.717) is 6.04 Å². The average Bonchev–Trinajstić information content (AvgIpc) is 1.90.